The highest BCUT2D eigenvalue weighted by molar-refractivity contribution is 6.83. The first kappa shape index (κ1) is 15.6. The molecule has 0 aromatic carbocycles. The summed E-state index contributed by atoms with van der Waals surface area (Å²) in [5, 5.41) is 1.12. The van der Waals surface area contributed by atoms with Gasteiger partial charge in [0.2, 0.25) is 0 Å². The zero-order valence-electron chi connectivity index (χ0n) is 12.2. The number of rotatable bonds is 5. The summed E-state index contributed by atoms with van der Waals surface area (Å²) in [6.45, 7) is 12.0. The van der Waals surface area contributed by atoms with Crippen LogP contribution in [0.4, 0.5) is 0 Å². The Kier molecular flexibility index (Phi) is 4.69. The van der Waals surface area contributed by atoms with Crippen molar-refractivity contribution in [2.75, 3.05) is 6.61 Å². The first-order valence-corrected chi connectivity index (χ1v) is 9.91. The molecule has 4 heteroatoms. The van der Waals surface area contributed by atoms with Gasteiger partial charge in [0.15, 0.2) is 5.78 Å². The zero-order valence-corrected chi connectivity index (χ0v) is 13.2. The van der Waals surface area contributed by atoms with E-state index in [0.717, 1.165) is 5.20 Å². The lowest BCUT2D eigenvalue weighted by Gasteiger charge is -2.39. The first-order chi connectivity index (χ1) is 8.71. The Morgan fingerprint density at radius 1 is 1.47 bits per heavy atom. The molecule has 1 atom stereocenters. The van der Waals surface area contributed by atoms with E-state index in [1.165, 1.54) is 6.92 Å². The van der Waals surface area contributed by atoms with Gasteiger partial charge in [-0.05, 0) is 18.6 Å². The Balaban J connectivity index is 3.21. The maximum absolute atomic E-state index is 11.7. The second-order valence-corrected chi connectivity index (χ2v) is 11.0. The van der Waals surface area contributed by atoms with Gasteiger partial charge in [0.1, 0.15) is 6.61 Å². The summed E-state index contributed by atoms with van der Waals surface area (Å²) < 4.78 is 5.23. The normalized spacial score (nSPS) is 22.9. The lowest BCUT2D eigenvalue weighted by atomic mass is 9.81. The summed E-state index contributed by atoms with van der Waals surface area (Å²) in [6.07, 6.45) is 7.65. The number of allylic oxidation sites excluding steroid dienone is 3. The van der Waals surface area contributed by atoms with Gasteiger partial charge in [-0.15, -0.1) is 6.58 Å². The van der Waals surface area contributed by atoms with Crippen LogP contribution in [0, 0.1) is 5.41 Å². The third kappa shape index (κ3) is 3.77. The summed E-state index contributed by atoms with van der Waals surface area (Å²) in [5.41, 5.74) is -0.397. The number of hydrogen-bond acceptors (Lipinski definition) is 3. The molecule has 0 bridgehead atoms. The molecule has 1 aliphatic carbocycles. The molecular weight excluding hydrogens is 256 g/mol. The lowest BCUT2D eigenvalue weighted by Crippen LogP contribution is -2.41. The van der Waals surface area contributed by atoms with Gasteiger partial charge in [-0.1, -0.05) is 37.0 Å². The Labute approximate surface area is 116 Å². The smallest absolute Gasteiger partial charge is 0.302 e. The molecule has 1 rings (SSSR count). The molecule has 0 N–H and O–H groups in total. The van der Waals surface area contributed by atoms with Crippen LogP contribution in [0.2, 0.25) is 19.6 Å². The molecule has 3 nitrogen and oxygen atoms in total. The summed E-state index contributed by atoms with van der Waals surface area (Å²) in [7, 11) is -1.69. The molecule has 19 heavy (non-hydrogen) atoms. The van der Waals surface area contributed by atoms with Crippen molar-refractivity contribution in [1.82, 2.24) is 0 Å². The quantitative estimate of drug-likeness (QED) is 0.441. The minimum atomic E-state index is -1.69. The highest BCUT2D eigenvalue weighted by atomic mass is 28.3. The van der Waals surface area contributed by atoms with Gasteiger partial charge in [0.25, 0.3) is 0 Å². The van der Waals surface area contributed by atoms with Crippen LogP contribution in [-0.2, 0) is 14.3 Å². The fourth-order valence-corrected chi connectivity index (χ4v) is 4.81. The minimum Gasteiger partial charge on any atom is -0.465 e. The highest BCUT2D eigenvalue weighted by Gasteiger charge is 2.40. The van der Waals surface area contributed by atoms with E-state index in [-0.39, 0.29) is 18.4 Å². The Hall–Kier alpha value is -1.42. The van der Waals surface area contributed by atoms with Crippen molar-refractivity contribution >= 4 is 19.8 Å². The van der Waals surface area contributed by atoms with Crippen LogP contribution in [0.15, 0.2) is 36.1 Å². The van der Waals surface area contributed by atoms with E-state index in [2.05, 4.69) is 26.2 Å². The van der Waals surface area contributed by atoms with Gasteiger partial charge in [0.05, 0.1) is 8.07 Å². The predicted molar refractivity (Wildman–Crippen MR) is 79.5 cm³/mol. The van der Waals surface area contributed by atoms with Crippen molar-refractivity contribution in [2.24, 2.45) is 5.41 Å². The van der Waals surface area contributed by atoms with E-state index in [0.29, 0.717) is 6.42 Å². The second-order valence-electron chi connectivity index (χ2n) is 5.97. The number of ketones is 1. The van der Waals surface area contributed by atoms with Crippen LogP contribution in [0.25, 0.3) is 0 Å². The largest absolute Gasteiger partial charge is 0.465 e. The number of carbonyl (C=O) groups is 2. The average molecular weight is 278 g/mol. The molecule has 0 spiro atoms. The molecule has 0 heterocycles. The summed E-state index contributed by atoms with van der Waals surface area (Å²) in [5.74, 6) is -0.288. The Bertz CT molecular complexity index is 455. The molecule has 0 saturated heterocycles. The van der Waals surface area contributed by atoms with E-state index in [4.69, 9.17) is 4.74 Å². The van der Waals surface area contributed by atoms with Crippen molar-refractivity contribution in [3.8, 4) is 0 Å². The number of esters is 1. The van der Waals surface area contributed by atoms with Crippen LogP contribution in [0.1, 0.15) is 13.3 Å². The van der Waals surface area contributed by atoms with Crippen molar-refractivity contribution in [1.29, 1.82) is 0 Å². The van der Waals surface area contributed by atoms with Crippen molar-refractivity contribution in [2.45, 2.75) is 33.0 Å². The van der Waals surface area contributed by atoms with Crippen LogP contribution < -0.4 is 0 Å². The molecule has 0 saturated carbocycles. The molecule has 0 aliphatic heterocycles. The molecule has 0 aromatic rings. The molecule has 0 radical (unpaired) electrons. The van der Waals surface area contributed by atoms with E-state index in [1.807, 2.05) is 12.2 Å². The number of carbonyl (C=O) groups excluding carboxylic acids is 2. The Morgan fingerprint density at radius 2 is 2.11 bits per heavy atom. The SMILES string of the molecule is C=CCC1(COC(C)=O)C=CC(=O)C=C1[Si](C)(C)C. The zero-order chi connectivity index (χ0) is 14.7. The summed E-state index contributed by atoms with van der Waals surface area (Å²) in [6, 6.07) is 0. The molecule has 0 amide bonds. The maximum Gasteiger partial charge on any atom is 0.302 e. The van der Waals surface area contributed by atoms with E-state index in [9.17, 15) is 9.59 Å². The average Bonchev–Trinajstić information content (AvgIpc) is 2.28. The standard InChI is InChI=1S/C15H22O3Si/c1-6-8-15(11-18-12(2)16)9-7-13(17)10-14(15)19(3,4)5/h6-7,9-10H,1,8,11H2,2-5H3. The van der Waals surface area contributed by atoms with Crippen LogP contribution >= 0.6 is 0 Å². The van der Waals surface area contributed by atoms with E-state index >= 15 is 0 Å². The fraction of sp³-hybridized carbons (Fsp3) is 0.467. The minimum absolute atomic E-state index is 0.0138. The van der Waals surface area contributed by atoms with Crippen molar-refractivity contribution in [3.05, 3.63) is 36.1 Å². The second kappa shape index (κ2) is 5.69. The molecule has 0 aromatic heterocycles. The van der Waals surface area contributed by atoms with Gasteiger partial charge < -0.3 is 4.74 Å². The van der Waals surface area contributed by atoms with Crippen LogP contribution in [0.3, 0.4) is 0 Å². The van der Waals surface area contributed by atoms with Gasteiger partial charge in [0, 0.05) is 12.3 Å². The van der Waals surface area contributed by atoms with Crippen molar-refractivity contribution in [3.63, 3.8) is 0 Å². The van der Waals surface area contributed by atoms with Gasteiger partial charge >= 0.3 is 5.97 Å². The molecule has 1 aliphatic rings. The number of ether oxygens (including phenoxy) is 1. The first-order valence-electron chi connectivity index (χ1n) is 6.41. The van der Waals surface area contributed by atoms with Gasteiger partial charge in [-0.25, -0.2) is 0 Å². The third-order valence-electron chi connectivity index (χ3n) is 3.24. The van der Waals surface area contributed by atoms with E-state index < -0.39 is 13.5 Å². The van der Waals surface area contributed by atoms with Crippen molar-refractivity contribution < 1.29 is 14.3 Å². The lowest BCUT2D eigenvalue weighted by molar-refractivity contribution is -0.142. The fourth-order valence-electron chi connectivity index (χ4n) is 2.48. The maximum atomic E-state index is 11.7. The van der Waals surface area contributed by atoms with E-state index in [1.54, 1.807) is 12.2 Å². The molecule has 1 unspecified atom stereocenters. The van der Waals surface area contributed by atoms with Gasteiger partial charge in [-0.3, -0.25) is 9.59 Å². The molecular formula is C15H22O3Si. The highest BCUT2D eigenvalue weighted by Crippen LogP contribution is 2.41. The molecule has 104 valence electrons. The molecule has 0 fully saturated rings. The number of hydrogen-bond donors (Lipinski definition) is 0. The van der Waals surface area contributed by atoms with Crippen LogP contribution in [-0.4, -0.2) is 26.4 Å². The topological polar surface area (TPSA) is 43.4 Å². The summed E-state index contributed by atoms with van der Waals surface area (Å²) in [4.78, 5) is 22.8. The van der Waals surface area contributed by atoms with Crippen LogP contribution in [0.5, 0.6) is 0 Å². The van der Waals surface area contributed by atoms with Gasteiger partial charge in [-0.2, -0.15) is 0 Å². The Morgan fingerprint density at radius 3 is 2.58 bits per heavy atom. The monoisotopic (exact) mass is 278 g/mol. The third-order valence-corrected chi connectivity index (χ3v) is 5.50. The summed E-state index contributed by atoms with van der Waals surface area (Å²) >= 11 is 0. The predicted octanol–water partition coefficient (Wildman–Crippen LogP) is 3.05.